The molecule has 1 amide bonds. The first-order chi connectivity index (χ1) is 14.0. The lowest BCUT2D eigenvalue weighted by atomic mass is 10.2. The molecule has 156 valence electrons. The van der Waals surface area contributed by atoms with E-state index in [1.165, 1.54) is 41.6 Å². The second-order valence-corrected chi connectivity index (χ2v) is 5.58. The van der Waals surface area contributed by atoms with Gasteiger partial charge in [0.1, 0.15) is 5.56 Å². The largest absolute Gasteiger partial charge is 0.493 e. The van der Waals surface area contributed by atoms with Crippen molar-refractivity contribution in [1.82, 2.24) is 0 Å². The van der Waals surface area contributed by atoms with Crippen LogP contribution in [0.1, 0.15) is 10.4 Å². The predicted molar refractivity (Wildman–Crippen MR) is 105 cm³/mol. The third kappa shape index (κ3) is 5.01. The van der Waals surface area contributed by atoms with Crippen LogP contribution < -0.4 is 29.0 Å². The van der Waals surface area contributed by atoms with Gasteiger partial charge in [0, 0.05) is 17.8 Å². The molecular weight excluding hydrogens is 382 g/mol. The van der Waals surface area contributed by atoms with E-state index < -0.39 is 18.5 Å². The molecule has 0 atom stereocenters. The number of anilines is 1. The second-order valence-electron chi connectivity index (χ2n) is 5.58. The zero-order valence-electron chi connectivity index (χ0n) is 16.9. The molecule has 2 aromatic rings. The van der Waals surface area contributed by atoms with Crippen molar-refractivity contribution in [1.29, 1.82) is 0 Å². The van der Waals surface area contributed by atoms with Crippen molar-refractivity contribution < 1.29 is 38.0 Å². The Balaban J connectivity index is 2.08. The first-order valence-corrected chi connectivity index (χ1v) is 8.47. The standard InChI is InChI=1S/C20H23NO8/c1-24-14-8-6-7-13(18(14)27-4)20(23)29-11-17(22)21-12-9-15(25-2)19(28-5)16(10-12)26-3/h6-10H,11H2,1-5H3,(H,21,22). The minimum Gasteiger partial charge on any atom is -0.493 e. The Labute approximate surface area is 168 Å². The molecule has 1 N–H and O–H groups in total. The van der Waals surface area contributed by atoms with Gasteiger partial charge in [0.05, 0.1) is 35.5 Å². The number of amides is 1. The Bertz CT molecular complexity index is 856. The topological polar surface area (TPSA) is 102 Å². The summed E-state index contributed by atoms with van der Waals surface area (Å²) in [6.07, 6.45) is 0. The summed E-state index contributed by atoms with van der Waals surface area (Å²) in [5.41, 5.74) is 0.534. The third-order valence-electron chi connectivity index (χ3n) is 3.91. The van der Waals surface area contributed by atoms with E-state index in [0.29, 0.717) is 28.7 Å². The van der Waals surface area contributed by atoms with Crippen LogP contribution in [0.5, 0.6) is 28.7 Å². The SMILES string of the molecule is COc1cc(NC(=O)COC(=O)c2cccc(OC)c2OC)cc(OC)c1OC. The fourth-order valence-electron chi connectivity index (χ4n) is 2.61. The zero-order valence-corrected chi connectivity index (χ0v) is 16.9. The summed E-state index contributed by atoms with van der Waals surface area (Å²) in [4.78, 5) is 24.6. The summed E-state index contributed by atoms with van der Waals surface area (Å²) in [6.45, 7) is -0.504. The summed E-state index contributed by atoms with van der Waals surface area (Å²) in [7, 11) is 7.27. The van der Waals surface area contributed by atoms with Crippen LogP contribution in [0.15, 0.2) is 30.3 Å². The number of nitrogens with one attached hydrogen (secondary N) is 1. The highest BCUT2D eigenvalue weighted by Gasteiger charge is 2.19. The number of carbonyl (C=O) groups excluding carboxylic acids is 2. The van der Waals surface area contributed by atoms with E-state index in [1.807, 2.05) is 0 Å². The molecule has 0 fully saturated rings. The maximum Gasteiger partial charge on any atom is 0.342 e. The Morgan fingerprint density at radius 3 is 1.90 bits per heavy atom. The molecule has 0 aromatic heterocycles. The number of esters is 1. The maximum absolute atomic E-state index is 12.3. The van der Waals surface area contributed by atoms with Gasteiger partial charge in [-0.3, -0.25) is 4.79 Å². The van der Waals surface area contributed by atoms with Crippen LogP contribution in [-0.2, 0) is 9.53 Å². The van der Waals surface area contributed by atoms with Gasteiger partial charge in [0.2, 0.25) is 5.75 Å². The highest BCUT2D eigenvalue weighted by molar-refractivity contribution is 5.97. The van der Waals surface area contributed by atoms with Crippen LogP contribution in [0.2, 0.25) is 0 Å². The molecule has 0 aliphatic carbocycles. The number of rotatable bonds is 9. The van der Waals surface area contributed by atoms with Crippen molar-refractivity contribution in [3.8, 4) is 28.7 Å². The van der Waals surface area contributed by atoms with Gasteiger partial charge in [-0.15, -0.1) is 0 Å². The monoisotopic (exact) mass is 405 g/mol. The number of ether oxygens (including phenoxy) is 6. The van der Waals surface area contributed by atoms with E-state index >= 15 is 0 Å². The van der Waals surface area contributed by atoms with E-state index in [0.717, 1.165) is 0 Å². The minimum absolute atomic E-state index is 0.146. The average Bonchev–Trinajstić information content (AvgIpc) is 2.75. The molecule has 9 heteroatoms. The molecule has 0 heterocycles. The summed E-state index contributed by atoms with van der Waals surface area (Å²) in [5, 5.41) is 2.61. The van der Waals surface area contributed by atoms with Gasteiger partial charge in [-0.1, -0.05) is 6.07 Å². The van der Waals surface area contributed by atoms with E-state index in [2.05, 4.69) is 5.32 Å². The third-order valence-corrected chi connectivity index (χ3v) is 3.91. The predicted octanol–water partition coefficient (Wildman–Crippen LogP) is 2.53. The molecule has 0 radical (unpaired) electrons. The van der Waals surface area contributed by atoms with Crippen molar-refractivity contribution in [2.75, 3.05) is 47.5 Å². The van der Waals surface area contributed by atoms with Gasteiger partial charge in [0.15, 0.2) is 29.6 Å². The van der Waals surface area contributed by atoms with Crippen molar-refractivity contribution in [3.05, 3.63) is 35.9 Å². The first-order valence-electron chi connectivity index (χ1n) is 8.47. The lowest BCUT2D eigenvalue weighted by Gasteiger charge is -2.15. The molecule has 2 rings (SSSR count). The van der Waals surface area contributed by atoms with Crippen LogP contribution in [0.3, 0.4) is 0 Å². The summed E-state index contributed by atoms with van der Waals surface area (Å²) < 4.78 is 31.1. The Morgan fingerprint density at radius 1 is 0.793 bits per heavy atom. The maximum atomic E-state index is 12.3. The van der Waals surface area contributed by atoms with Gasteiger partial charge in [-0.2, -0.15) is 0 Å². The molecule has 29 heavy (non-hydrogen) atoms. The highest BCUT2D eigenvalue weighted by atomic mass is 16.5. The fourth-order valence-corrected chi connectivity index (χ4v) is 2.61. The van der Waals surface area contributed by atoms with Crippen molar-refractivity contribution in [2.24, 2.45) is 0 Å². The number of benzene rings is 2. The zero-order chi connectivity index (χ0) is 21.4. The van der Waals surface area contributed by atoms with E-state index in [1.54, 1.807) is 24.3 Å². The summed E-state index contributed by atoms with van der Waals surface area (Å²) >= 11 is 0. The fraction of sp³-hybridized carbons (Fsp3) is 0.300. The Kier molecular flexibility index (Phi) is 7.53. The van der Waals surface area contributed by atoms with Gasteiger partial charge < -0.3 is 33.7 Å². The molecule has 0 spiro atoms. The molecule has 0 saturated carbocycles. The number of hydrogen-bond donors (Lipinski definition) is 1. The molecule has 2 aromatic carbocycles. The van der Waals surface area contributed by atoms with Gasteiger partial charge in [0.25, 0.3) is 5.91 Å². The lowest BCUT2D eigenvalue weighted by molar-refractivity contribution is -0.119. The highest BCUT2D eigenvalue weighted by Crippen LogP contribution is 2.39. The average molecular weight is 405 g/mol. The normalized spacial score (nSPS) is 9.97. The minimum atomic E-state index is -0.721. The lowest BCUT2D eigenvalue weighted by Crippen LogP contribution is -2.21. The van der Waals surface area contributed by atoms with Crippen molar-refractivity contribution in [3.63, 3.8) is 0 Å². The van der Waals surface area contributed by atoms with Gasteiger partial charge >= 0.3 is 5.97 Å². The second kappa shape index (κ2) is 10.1. The Hall–Kier alpha value is -3.62. The van der Waals surface area contributed by atoms with Crippen LogP contribution in [-0.4, -0.2) is 54.0 Å². The quantitative estimate of drug-likeness (QED) is 0.635. The number of hydrogen-bond acceptors (Lipinski definition) is 8. The van der Waals surface area contributed by atoms with E-state index in [9.17, 15) is 9.59 Å². The van der Waals surface area contributed by atoms with Crippen molar-refractivity contribution in [2.45, 2.75) is 0 Å². The van der Waals surface area contributed by atoms with Gasteiger partial charge in [-0.05, 0) is 12.1 Å². The smallest absolute Gasteiger partial charge is 0.342 e. The molecule has 0 unspecified atom stereocenters. The van der Waals surface area contributed by atoms with E-state index in [-0.39, 0.29) is 11.3 Å². The molecule has 0 saturated heterocycles. The number of methoxy groups -OCH3 is 5. The van der Waals surface area contributed by atoms with Crippen LogP contribution >= 0.6 is 0 Å². The number of carbonyl (C=O) groups is 2. The molecule has 9 nitrogen and oxygen atoms in total. The van der Waals surface area contributed by atoms with Crippen LogP contribution in [0, 0.1) is 0 Å². The molecule has 0 aliphatic rings. The molecular formula is C20H23NO8. The van der Waals surface area contributed by atoms with E-state index in [4.69, 9.17) is 28.4 Å². The molecule has 0 aliphatic heterocycles. The van der Waals surface area contributed by atoms with Crippen LogP contribution in [0.4, 0.5) is 5.69 Å². The molecule has 0 bridgehead atoms. The van der Waals surface area contributed by atoms with Crippen molar-refractivity contribution >= 4 is 17.6 Å². The summed E-state index contributed by atoms with van der Waals surface area (Å²) in [5.74, 6) is 0.481. The Morgan fingerprint density at radius 2 is 1.38 bits per heavy atom. The number of para-hydroxylation sites is 1. The first kappa shape index (κ1) is 21.7. The van der Waals surface area contributed by atoms with Crippen LogP contribution in [0.25, 0.3) is 0 Å². The van der Waals surface area contributed by atoms with Gasteiger partial charge in [-0.25, -0.2) is 4.79 Å². The summed E-state index contributed by atoms with van der Waals surface area (Å²) in [6, 6.07) is 7.90.